The molecular weight excluding hydrogens is 390 g/mol. The number of aromatic nitrogens is 1. The van der Waals surface area contributed by atoms with E-state index in [1.54, 1.807) is 13.8 Å². The number of para-hydroxylation sites is 1. The molecule has 0 aliphatic carbocycles. The molecular formula is C22H27NO7. The molecule has 1 N–H and O–H groups in total. The molecule has 0 spiro atoms. The van der Waals surface area contributed by atoms with Crippen LogP contribution in [-0.4, -0.2) is 48.0 Å². The Morgan fingerprint density at radius 1 is 1.00 bits per heavy atom. The number of esters is 3. The van der Waals surface area contributed by atoms with Gasteiger partial charge in [-0.05, 0) is 18.1 Å². The highest BCUT2D eigenvalue weighted by Gasteiger charge is 2.38. The summed E-state index contributed by atoms with van der Waals surface area (Å²) in [6.45, 7) is 3.35. The standard InChI is InChI=1S/C22H27NO7/c1-3-19(24)28-17-11-22(27-13-18(17)29-20(25)4-2)30-21(26)10-9-14-12-23-16-8-6-5-7-15(14)16/h5-8,12,17-18,22-23H,3-4,9-11,13H2,1-2H3/t17-,18-,22+/m1/s1. The van der Waals surface area contributed by atoms with Crippen LogP contribution >= 0.6 is 0 Å². The van der Waals surface area contributed by atoms with Crippen molar-refractivity contribution in [3.8, 4) is 0 Å². The minimum absolute atomic E-state index is 0.00616. The molecule has 0 unspecified atom stereocenters. The van der Waals surface area contributed by atoms with Gasteiger partial charge >= 0.3 is 17.9 Å². The van der Waals surface area contributed by atoms with Gasteiger partial charge in [-0.25, -0.2) is 0 Å². The van der Waals surface area contributed by atoms with Crippen LogP contribution in [-0.2, 0) is 39.8 Å². The average molecular weight is 417 g/mol. The summed E-state index contributed by atoms with van der Waals surface area (Å²) in [5, 5.41) is 1.08. The molecule has 2 heterocycles. The Morgan fingerprint density at radius 2 is 1.70 bits per heavy atom. The van der Waals surface area contributed by atoms with Gasteiger partial charge in [-0.1, -0.05) is 32.0 Å². The summed E-state index contributed by atoms with van der Waals surface area (Å²) in [6, 6.07) is 7.88. The molecule has 0 amide bonds. The monoisotopic (exact) mass is 417 g/mol. The minimum Gasteiger partial charge on any atom is -0.458 e. The fourth-order valence-corrected chi connectivity index (χ4v) is 3.32. The molecule has 1 aliphatic heterocycles. The number of aryl methyl sites for hydroxylation is 1. The fourth-order valence-electron chi connectivity index (χ4n) is 3.32. The van der Waals surface area contributed by atoms with Crippen molar-refractivity contribution >= 4 is 28.8 Å². The van der Waals surface area contributed by atoms with Crippen LogP contribution in [0.2, 0.25) is 0 Å². The molecule has 1 aromatic carbocycles. The fraction of sp³-hybridized carbons (Fsp3) is 0.500. The van der Waals surface area contributed by atoms with Gasteiger partial charge in [0.1, 0.15) is 6.10 Å². The van der Waals surface area contributed by atoms with Crippen LogP contribution < -0.4 is 0 Å². The number of carbonyl (C=O) groups excluding carboxylic acids is 3. The second-order valence-corrected chi connectivity index (χ2v) is 7.11. The number of fused-ring (bicyclic) bond motifs is 1. The lowest BCUT2D eigenvalue weighted by Crippen LogP contribution is -2.47. The maximum atomic E-state index is 12.3. The zero-order valence-corrected chi connectivity index (χ0v) is 17.2. The van der Waals surface area contributed by atoms with E-state index in [4.69, 9.17) is 18.9 Å². The molecule has 3 atom stereocenters. The largest absolute Gasteiger partial charge is 0.458 e. The van der Waals surface area contributed by atoms with Crippen LogP contribution in [0.25, 0.3) is 10.9 Å². The van der Waals surface area contributed by atoms with Gasteiger partial charge in [0.25, 0.3) is 0 Å². The highest BCUT2D eigenvalue weighted by molar-refractivity contribution is 5.83. The maximum Gasteiger partial charge on any atom is 0.308 e. The Morgan fingerprint density at radius 3 is 2.43 bits per heavy atom. The molecule has 0 saturated carbocycles. The van der Waals surface area contributed by atoms with E-state index in [1.165, 1.54) is 0 Å². The highest BCUT2D eigenvalue weighted by Crippen LogP contribution is 2.23. The van der Waals surface area contributed by atoms with Gasteiger partial charge in [0.05, 0.1) is 13.0 Å². The zero-order valence-electron chi connectivity index (χ0n) is 17.2. The molecule has 8 nitrogen and oxygen atoms in total. The first-order chi connectivity index (χ1) is 14.5. The average Bonchev–Trinajstić information content (AvgIpc) is 3.17. The molecule has 0 bridgehead atoms. The molecule has 3 rings (SSSR count). The number of rotatable bonds is 8. The van der Waals surface area contributed by atoms with E-state index in [2.05, 4.69) is 4.98 Å². The zero-order chi connectivity index (χ0) is 21.5. The third kappa shape index (κ3) is 5.60. The number of aromatic amines is 1. The van der Waals surface area contributed by atoms with Crippen molar-refractivity contribution < 1.29 is 33.3 Å². The number of ether oxygens (including phenoxy) is 4. The van der Waals surface area contributed by atoms with Crippen molar-refractivity contribution in [3.63, 3.8) is 0 Å². The van der Waals surface area contributed by atoms with Crippen LogP contribution in [0.4, 0.5) is 0 Å². The molecule has 30 heavy (non-hydrogen) atoms. The van der Waals surface area contributed by atoms with Gasteiger partial charge in [-0.3, -0.25) is 14.4 Å². The normalized spacial score (nSPS) is 21.2. The van der Waals surface area contributed by atoms with Crippen molar-refractivity contribution in [2.45, 2.75) is 64.4 Å². The quantitative estimate of drug-likeness (QED) is 0.520. The van der Waals surface area contributed by atoms with Crippen LogP contribution in [0.3, 0.4) is 0 Å². The van der Waals surface area contributed by atoms with E-state index in [1.807, 2.05) is 30.5 Å². The molecule has 1 saturated heterocycles. The second-order valence-electron chi connectivity index (χ2n) is 7.11. The summed E-state index contributed by atoms with van der Waals surface area (Å²) in [5.41, 5.74) is 2.05. The molecule has 162 valence electrons. The number of hydrogen-bond acceptors (Lipinski definition) is 7. The molecule has 1 aromatic heterocycles. The molecule has 0 radical (unpaired) electrons. The highest BCUT2D eigenvalue weighted by atomic mass is 16.7. The van der Waals surface area contributed by atoms with Gasteiger partial charge < -0.3 is 23.9 Å². The predicted octanol–water partition coefficient (Wildman–Crippen LogP) is 3.03. The number of carbonyl (C=O) groups is 3. The van der Waals surface area contributed by atoms with Crippen LogP contribution in [0, 0.1) is 0 Å². The van der Waals surface area contributed by atoms with Crippen molar-refractivity contribution in [1.82, 2.24) is 4.98 Å². The number of hydrogen-bond donors (Lipinski definition) is 1. The van der Waals surface area contributed by atoms with Crippen molar-refractivity contribution in [2.75, 3.05) is 6.61 Å². The predicted molar refractivity (Wildman–Crippen MR) is 107 cm³/mol. The topological polar surface area (TPSA) is 104 Å². The van der Waals surface area contributed by atoms with Gasteiger partial charge in [0.15, 0.2) is 6.10 Å². The third-order valence-electron chi connectivity index (χ3n) is 4.97. The van der Waals surface area contributed by atoms with Crippen molar-refractivity contribution in [1.29, 1.82) is 0 Å². The third-order valence-corrected chi connectivity index (χ3v) is 4.97. The SMILES string of the molecule is CCC(=O)O[C@@H]1CO[C@@H](OC(=O)CCc2c[nH]c3ccccc23)C[C@H]1OC(=O)CC. The molecule has 1 aliphatic rings. The summed E-state index contributed by atoms with van der Waals surface area (Å²) in [4.78, 5) is 38.9. The first-order valence-corrected chi connectivity index (χ1v) is 10.2. The lowest BCUT2D eigenvalue weighted by molar-refractivity contribution is -0.230. The lowest BCUT2D eigenvalue weighted by atomic mass is 10.1. The first kappa shape index (κ1) is 21.8. The van der Waals surface area contributed by atoms with Gasteiger partial charge in [0.2, 0.25) is 6.29 Å². The maximum absolute atomic E-state index is 12.3. The van der Waals surface area contributed by atoms with Crippen LogP contribution in [0.1, 0.15) is 45.1 Å². The Labute approximate surface area is 174 Å². The van der Waals surface area contributed by atoms with Crippen LogP contribution in [0.15, 0.2) is 30.5 Å². The van der Waals surface area contributed by atoms with Gasteiger partial charge in [-0.15, -0.1) is 0 Å². The van der Waals surface area contributed by atoms with E-state index < -0.39 is 36.4 Å². The van der Waals surface area contributed by atoms with E-state index in [0.29, 0.717) is 6.42 Å². The first-order valence-electron chi connectivity index (χ1n) is 10.2. The van der Waals surface area contributed by atoms with E-state index in [-0.39, 0.29) is 32.3 Å². The van der Waals surface area contributed by atoms with Crippen molar-refractivity contribution in [2.24, 2.45) is 0 Å². The smallest absolute Gasteiger partial charge is 0.308 e. The second kappa shape index (κ2) is 10.2. The number of H-pyrrole nitrogens is 1. The van der Waals surface area contributed by atoms with Gasteiger partial charge in [-0.2, -0.15) is 0 Å². The summed E-state index contributed by atoms with van der Waals surface area (Å²) >= 11 is 0. The summed E-state index contributed by atoms with van der Waals surface area (Å²) < 4.78 is 21.7. The molecule has 8 heteroatoms. The summed E-state index contributed by atoms with van der Waals surface area (Å²) in [5.74, 6) is -1.23. The summed E-state index contributed by atoms with van der Waals surface area (Å²) in [6.07, 6.45) is 0.844. The molecule has 2 aromatic rings. The Hall–Kier alpha value is -2.87. The molecule has 1 fully saturated rings. The summed E-state index contributed by atoms with van der Waals surface area (Å²) in [7, 11) is 0. The minimum atomic E-state index is -0.855. The van der Waals surface area contributed by atoms with Gasteiger partial charge in [0, 0.05) is 36.4 Å². The van der Waals surface area contributed by atoms with E-state index in [0.717, 1.165) is 16.5 Å². The van der Waals surface area contributed by atoms with Crippen LogP contribution in [0.5, 0.6) is 0 Å². The van der Waals surface area contributed by atoms with E-state index >= 15 is 0 Å². The number of benzene rings is 1. The van der Waals surface area contributed by atoms with E-state index in [9.17, 15) is 14.4 Å². The Bertz CT molecular complexity index is 890. The van der Waals surface area contributed by atoms with Crippen molar-refractivity contribution in [3.05, 3.63) is 36.0 Å². The Balaban J connectivity index is 1.54. The number of nitrogens with one attached hydrogen (secondary N) is 1. The lowest BCUT2D eigenvalue weighted by Gasteiger charge is -2.34. The Kier molecular flexibility index (Phi) is 7.46.